The number of halogens is 3. The molecule has 1 N–H and O–H groups in total. The van der Waals surface area contributed by atoms with Crippen molar-refractivity contribution < 1.29 is 13.6 Å². The maximum atomic E-state index is 13.1. The molecular weight excluding hydrogens is 330 g/mol. The number of hydrogen-bond acceptors (Lipinski definition) is 2. The first-order valence-corrected chi connectivity index (χ1v) is 6.63. The number of rotatable bonds is 3. The predicted octanol–water partition coefficient (Wildman–Crippen LogP) is 3.61. The summed E-state index contributed by atoms with van der Waals surface area (Å²) in [4.78, 5) is 15.9. The second kappa shape index (κ2) is 6.09. The van der Waals surface area contributed by atoms with Crippen LogP contribution in [-0.4, -0.2) is 10.9 Å². The lowest BCUT2D eigenvalue weighted by atomic mass is 10.1. The quantitative estimate of drug-likeness (QED) is 0.927. The van der Waals surface area contributed by atoms with E-state index in [1.165, 1.54) is 12.3 Å². The molecule has 0 aliphatic carbocycles. The van der Waals surface area contributed by atoms with Crippen molar-refractivity contribution in [2.75, 3.05) is 0 Å². The van der Waals surface area contributed by atoms with E-state index in [1.807, 2.05) is 0 Å². The van der Waals surface area contributed by atoms with Crippen LogP contribution < -0.4 is 5.32 Å². The monoisotopic (exact) mass is 340 g/mol. The van der Waals surface area contributed by atoms with Gasteiger partial charge in [0.25, 0.3) is 5.91 Å². The summed E-state index contributed by atoms with van der Waals surface area (Å²) in [5.41, 5.74) is 0.869. The molecule has 20 heavy (non-hydrogen) atoms. The molecule has 0 bridgehead atoms. The Balaban J connectivity index is 2.13. The van der Waals surface area contributed by atoms with Gasteiger partial charge in [0.2, 0.25) is 0 Å². The number of pyridine rings is 1. The number of aromatic nitrogens is 1. The van der Waals surface area contributed by atoms with Crippen LogP contribution in [0, 0.1) is 11.6 Å². The fraction of sp³-hybridized carbons (Fsp3) is 0.143. The Kier molecular flexibility index (Phi) is 4.44. The van der Waals surface area contributed by atoms with Crippen molar-refractivity contribution in [1.82, 2.24) is 10.3 Å². The zero-order valence-electron chi connectivity index (χ0n) is 10.5. The third-order valence-electron chi connectivity index (χ3n) is 2.76. The van der Waals surface area contributed by atoms with Crippen LogP contribution in [0.15, 0.2) is 41.1 Å². The normalized spacial score (nSPS) is 12.0. The first kappa shape index (κ1) is 14.6. The summed E-state index contributed by atoms with van der Waals surface area (Å²) in [5.74, 6) is -2.19. The molecule has 0 spiro atoms. The van der Waals surface area contributed by atoms with E-state index < -0.39 is 17.7 Å². The van der Waals surface area contributed by atoms with E-state index in [2.05, 4.69) is 26.2 Å². The molecule has 0 aliphatic heterocycles. The summed E-state index contributed by atoms with van der Waals surface area (Å²) in [7, 11) is 0. The molecule has 1 amide bonds. The standard InChI is InChI=1S/C14H11BrF2N2O/c1-8(9-2-3-12(16)13(17)5-9)19-14(20)10-4-11(15)7-18-6-10/h2-8H,1H3,(H,19,20). The molecule has 6 heteroatoms. The van der Waals surface area contributed by atoms with Gasteiger partial charge in [-0.2, -0.15) is 0 Å². The van der Waals surface area contributed by atoms with Gasteiger partial charge in [0, 0.05) is 16.9 Å². The smallest absolute Gasteiger partial charge is 0.253 e. The van der Waals surface area contributed by atoms with Gasteiger partial charge < -0.3 is 5.32 Å². The highest BCUT2D eigenvalue weighted by Gasteiger charge is 2.13. The molecule has 0 saturated carbocycles. The Hall–Kier alpha value is -1.82. The molecule has 1 heterocycles. The second-order valence-corrected chi connectivity index (χ2v) is 5.18. The van der Waals surface area contributed by atoms with Crippen molar-refractivity contribution in [3.8, 4) is 0 Å². The molecule has 1 aromatic heterocycles. The van der Waals surface area contributed by atoms with Crippen molar-refractivity contribution in [1.29, 1.82) is 0 Å². The van der Waals surface area contributed by atoms with Crippen molar-refractivity contribution in [3.05, 3.63) is 63.9 Å². The average Bonchev–Trinajstić information content (AvgIpc) is 2.41. The fourth-order valence-electron chi connectivity index (χ4n) is 1.68. The summed E-state index contributed by atoms with van der Waals surface area (Å²) in [6.07, 6.45) is 2.99. The molecule has 3 nitrogen and oxygen atoms in total. The minimum Gasteiger partial charge on any atom is -0.345 e. The van der Waals surface area contributed by atoms with Gasteiger partial charge in [-0.3, -0.25) is 9.78 Å². The van der Waals surface area contributed by atoms with Crippen LogP contribution in [0.2, 0.25) is 0 Å². The fourth-order valence-corrected chi connectivity index (χ4v) is 2.05. The predicted molar refractivity (Wildman–Crippen MR) is 74.2 cm³/mol. The van der Waals surface area contributed by atoms with Crippen molar-refractivity contribution >= 4 is 21.8 Å². The molecule has 1 aromatic carbocycles. The van der Waals surface area contributed by atoms with Crippen molar-refractivity contribution in [2.24, 2.45) is 0 Å². The minimum absolute atomic E-state index is 0.337. The Bertz CT molecular complexity index is 649. The number of benzene rings is 1. The molecule has 0 saturated heterocycles. The summed E-state index contributed by atoms with van der Waals surface area (Å²) in [5, 5.41) is 2.70. The van der Waals surface area contributed by atoms with E-state index in [0.717, 1.165) is 12.1 Å². The molecule has 0 radical (unpaired) electrons. The largest absolute Gasteiger partial charge is 0.345 e. The van der Waals surface area contributed by atoms with Crippen LogP contribution >= 0.6 is 15.9 Å². The molecule has 2 rings (SSSR count). The number of carbonyl (C=O) groups excluding carboxylic acids is 1. The van der Waals surface area contributed by atoms with Gasteiger partial charge in [-0.25, -0.2) is 8.78 Å². The lowest BCUT2D eigenvalue weighted by molar-refractivity contribution is 0.0939. The van der Waals surface area contributed by atoms with Crippen molar-refractivity contribution in [3.63, 3.8) is 0 Å². The maximum absolute atomic E-state index is 13.1. The second-order valence-electron chi connectivity index (χ2n) is 4.26. The molecule has 0 aliphatic rings. The number of carbonyl (C=O) groups is 1. The first-order valence-electron chi connectivity index (χ1n) is 5.83. The minimum atomic E-state index is -0.937. The Morgan fingerprint density at radius 3 is 2.65 bits per heavy atom. The van der Waals surface area contributed by atoms with Crippen LogP contribution in [-0.2, 0) is 0 Å². The van der Waals surface area contributed by atoms with Gasteiger partial charge in [-0.05, 0) is 46.6 Å². The van der Waals surface area contributed by atoms with Gasteiger partial charge in [0.05, 0.1) is 11.6 Å². The topological polar surface area (TPSA) is 42.0 Å². The Labute approximate surface area is 123 Å². The van der Waals surface area contributed by atoms with Crippen LogP contribution in [0.25, 0.3) is 0 Å². The maximum Gasteiger partial charge on any atom is 0.253 e. The van der Waals surface area contributed by atoms with Gasteiger partial charge in [0.15, 0.2) is 11.6 Å². The highest BCUT2D eigenvalue weighted by molar-refractivity contribution is 9.10. The van der Waals surface area contributed by atoms with E-state index in [1.54, 1.807) is 19.2 Å². The first-order chi connectivity index (χ1) is 9.47. The lowest BCUT2D eigenvalue weighted by Gasteiger charge is -2.14. The number of nitrogens with zero attached hydrogens (tertiary/aromatic N) is 1. The number of amides is 1. The zero-order chi connectivity index (χ0) is 14.7. The highest BCUT2D eigenvalue weighted by Crippen LogP contribution is 2.17. The Morgan fingerprint density at radius 2 is 2.00 bits per heavy atom. The van der Waals surface area contributed by atoms with Gasteiger partial charge in [-0.1, -0.05) is 6.07 Å². The third-order valence-corrected chi connectivity index (χ3v) is 3.19. The van der Waals surface area contributed by atoms with Crippen LogP contribution in [0.4, 0.5) is 8.78 Å². The van der Waals surface area contributed by atoms with Gasteiger partial charge in [-0.15, -0.1) is 0 Å². The molecule has 0 fully saturated rings. The number of hydrogen-bond donors (Lipinski definition) is 1. The highest BCUT2D eigenvalue weighted by atomic mass is 79.9. The van der Waals surface area contributed by atoms with Crippen LogP contribution in [0.1, 0.15) is 28.9 Å². The summed E-state index contributed by atoms with van der Waals surface area (Å²) in [6, 6.07) is 4.72. The van der Waals surface area contributed by atoms with Gasteiger partial charge >= 0.3 is 0 Å². The molecule has 2 aromatic rings. The van der Waals surface area contributed by atoms with E-state index in [4.69, 9.17) is 0 Å². The summed E-state index contributed by atoms with van der Waals surface area (Å²) in [6.45, 7) is 1.69. The van der Waals surface area contributed by atoms with E-state index in [9.17, 15) is 13.6 Å². The average molecular weight is 341 g/mol. The Morgan fingerprint density at radius 1 is 1.25 bits per heavy atom. The summed E-state index contributed by atoms with van der Waals surface area (Å²) < 4.78 is 26.7. The van der Waals surface area contributed by atoms with E-state index in [-0.39, 0.29) is 5.91 Å². The van der Waals surface area contributed by atoms with Crippen LogP contribution in [0.5, 0.6) is 0 Å². The summed E-state index contributed by atoms with van der Waals surface area (Å²) >= 11 is 3.23. The van der Waals surface area contributed by atoms with Gasteiger partial charge in [0.1, 0.15) is 0 Å². The molecule has 1 atom stereocenters. The third kappa shape index (κ3) is 3.39. The molecule has 104 valence electrons. The van der Waals surface area contributed by atoms with Crippen molar-refractivity contribution in [2.45, 2.75) is 13.0 Å². The SMILES string of the molecule is CC(NC(=O)c1cncc(Br)c1)c1ccc(F)c(F)c1. The molecular formula is C14H11BrF2N2O. The zero-order valence-corrected chi connectivity index (χ0v) is 12.1. The molecule has 1 unspecified atom stereocenters. The van der Waals surface area contributed by atoms with E-state index >= 15 is 0 Å². The lowest BCUT2D eigenvalue weighted by Crippen LogP contribution is -2.26. The number of nitrogens with one attached hydrogen (secondary N) is 1. The van der Waals surface area contributed by atoms with E-state index in [0.29, 0.717) is 15.6 Å². The van der Waals surface area contributed by atoms with Crippen LogP contribution in [0.3, 0.4) is 0 Å².